The van der Waals surface area contributed by atoms with Gasteiger partial charge in [-0.3, -0.25) is 4.98 Å². The van der Waals surface area contributed by atoms with E-state index in [1.54, 1.807) is 0 Å². The standard InChI is InChI=1S/C9H3Cl2F3N2/c10-4-1-6-7(2-5(4)11)16-8(3-15-6)9(12,13)14/h1-3H. The van der Waals surface area contributed by atoms with E-state index in [0.717, 1.165) is 0 Å². The first-order valence-electron chi connectivity index (χ1n) is 4.07. The molecule has 0 saturated carbocycles. The SMILES string of the molecule is FC(F)(F)c1cnc2cc(Cl)c(Cl)cc2n1. The molecule has 2 nitrogen and oxygen atoms in total. The Morgan fingerprint density at radius 1 is 1.00 bits per heavy atom. The van der Waals surface area contributed by atoms with Crippen LogP contribution >= 0.6 is 23.2 Å². The molecule has 84 valence electrons. The summed E-state index contributed by atoms with van der Waals surface area (Å²) in [6.45, 7) is 0. The predicted octanol–water partition coefficient (Wildman–Crippen LogP) is 3.96. The summed E-state index contributed by atoms with van der Waals surface area (Å²) < 4.78 is 37.0. The normalized spacial score (nSPS) is 12.1. The molecular formula is C9H3Cl2F3N2. The molecule has 0 amide bonds. The third-order valence-corrected chi connectivity index (χ3v) is 2.60. The summed E-state index contributed by atoms with van der Waals surface area (Å²) in [5.41, 5.74) is -0.731. The van der Waals surface area contributed by atoms with Gasteiger partial charge in [-0.1, -0.05) is 23.2 Å². The van der Waals surface area contributed by atoms with Gasteiger partial charge in [-0.25, -0.2) is 4.98 Å². The van der Waals surface area contributed by atoms with Crippen molar-refractivity contribution < 1.29 is 13.2 Å². The Morgan fingerprint density at radius 2 is 1.56 bits per heavy atom. The molecule has 2 rings (SSSR count). The smallest absolute Gasteiger partial charge is 0.252 e. The molecule has 1 heterocycles. The van der Waals surface area contributed by atoms with Crippen LogP contribution in [0.5, 0.6) is 0 Å². The molecule has 7 heteroatoms. The maximum atomic E-state index is 12.3. The molecule has 0 spiro atoms. The highest BCUT2D eigenvalue weighted by molar-refractivity contribution is 6.42. The van der Waals surface area contributed by atoms with Crippen molar-refractivity contribution in [1.29, 1.82) is 0 Å². The zero-order valence-corrected chi connectivity index (χ0v) is 9.03. The third-order valence-electron chi connectivity index (χ3n) is 1.87. The van der Waals surface area contributed by atoms with E-state index in [9.17, 15) is 13.2 Å². The van der Waals surface area contributed by atoms with E-state index in [2.05, 4.69) is 9.97 Å². The molecule has 1 aromatic carbocycles. The van der Waals surface area contributed by atoms with Gasteiger partial charge in [0.1, 0.15) is 0 Å². The van der Waals surface area contributed by atoms with Crippen LogP contribution < -0.4 is 0 Å². The lowest BCUT2D eigenvalue weighted by Gasteiger charge is -2.06. The van der Waals surface area contributed by atoms with Gasteiger partial charge in [0.2, 0.25) is 0 Å². The zero-order valence-electron chi connectivity index (χ0n) is 7.52. The Kier molecular flexibility index (Phi) is 2.67. The molecule has 0 fully saturated rings. The van der Waals surface area contributed by atoms with E-state index in [-0.39, 0.29) is 21.1 Å². The van der Waals surface area contributed by atoms with Crippen LogP contribution in [0.1, 0.15) is 5.69 Å². The summed E-state index contributed by atoms with van der Waals surface area (Å²) >= 11 is 11.4. The summed E-state index contributed by atoms with van der Waals surface area (Å²) in [5, 5.41) is 0.367. The fraction of sp³-hybridized carbons (Fsp3) is 0.111. The Bertz CT molecular complexity index is 554. The second-order valence-electron chi connectivity index (χ2n) is 3.01. The van der Waals surface area contributed by atoms with Gasteiger partial charge in [-0.2, -0.15) is 13.2 Å². The van der Waals surface area contributed by atoms with Crippen LogP contribution in [0.2, 0.25) is 10.0 Å². The van der Waals surface area contributed by atoms with Gasteiger partial charge in [0.25, 0.3) is 0 Å². The van der Waals surface area contributed by atoms with E-state index in [1.165, 1.54) is 12.1 Å². The molecular weight excluding hydrogens is 264 g/mol. The van der Waals surface area contributed by atoms with Crippen LogP contribution in [0.4, 0.5) is 13.2 Å². The fourth-order valence-electron chi connectivity index (χ4n) is 1.14. The van der Waals surface area contributed by atoms with E-state index in [0.29, 0.717) is 6.20 Å². The van der Waals surface area contributed by atoms with Crippen LogP contribution in [0.3, 0.4) is 0 Å². The Morgan fingerprint density at radius 3 is 2.12 bits per heavy atom. The molecule has 0 saturated heterocycles. The number of rotatable bonds is 0. The largest absolute Gasteiger partial charge is 0.434 e. The van der Waals surface area contributed by atoms with Gasteiger partial charge < -0.3 is 0 Å². The average molecular weight is 267 g/mol. The number of fused-ring (bicyclic) bond motifs is 1. The van der Waals surface area contributed by atoms with Crippen molar-refractivity contribution in [2.45, 2.75) is 6.18 Å². The van der Waals surface area contributed by atoms with Gasteiger partial charge >= 0.3 is 6.18 Å². The number of nitrogens with zero attached hydrogens (tertiary/aromatic N) is 2. The molecule has 1 aromatic heterocycles. The summed E-state index contributed by atoms with van der Waals surface area (Å²) in [4.78, 5) is 7.04. The van der Waals surface area contributed by atoms with E-state index in [4.69, 9.17) is 23.2 Å². The number of halogens is 5. The van der Waals surface area contributed by atoms with Gasteiger partial charge in [-0.05, 0) is 12.1 Å². The molecule has 0 aliphatic carbocycles. The summed E-state index contributed by atoms with van der Waals surface area (Å²) in [5.74, 6) is 0. The summed E-state index contributed by atoms with van der Waals surface area (Å²) in [7, 11) is 0. The van der Waals surface area contributed by atoms with Crippen LogP contribution in [0.25, 0.3) is 11.0 Å². The highest BCUT2D eigenvalue weighted by atomic mass is 35.5. The number of benzene rings is 1. The minimum atomic E-state index is -4.52. The first kappa shape index (κ1) is 11.4. The second-order valence-corrected chi connectivity index (χ2v) is 3.82. The van der Waals surface area contributed by atoms with Crippen molar-refractivity contribution in [2.75, 3.05) is 0 Å². The van der Waals surface area contributed by atoms with Crippen molar-refractivity contribution in [3.8, 4) is 0 Å². The van der Waals surface area contributed by atoms with Gasteiger partial charge in [0.15, 0.2) is 5.69 Å². The van der Waals surface area contributed by atoms with Crippen molar-refractivity contribution >= 4 is 34.2 Å². The zero-order chi connectivity index (χ0) is 11.9. The molecule has 0 N–H and O–H groups in total. The predicted molar refractivity (Wildman–Crippen MR) is 54.6 cm³/mol. The van der Waals surface area contributed by atoms with Gasteiger partial charge in [0, 0.05) is 0 Å². The van der Waals surface area contributed by atoms with Crippen molar-refractivity contribution in [2.24, 2.45) is 0 Å². The highest BCUT2D eigenvalue weighted by Gasteiger charge is 2.33. The molecule has 16 heavy (non-hydrogen) atoms. The fourth-order valence-corrected chi connectivity index (χ4v) is 1.46. The minimum Gasteiger partial charge on any atom is -0.252 e. The summed E-state index contributed by atoms with van der Waals surface area (Å²) in [6.07, 6.45) is -3.86. The second kappa shape index (κ2) is 3.75. The number of hydrogen-bond donors (Lipinski definition) is 0. The maximum absolute atomic E-state index is 12.3. The first-order valence-corrected chi connectivity index (χ1v) is 4.82. The quantitative estimate of drug-likeness (QED) is 0.722. The number of hydrogen-bond acceptors (Lipinski definition) is 2. The maximum Gasteiger partial charge on any atom is 0.434 e. The molecule has 0 bridgehead atoms. The van der Waals surface area contributed by atoms with Crippen LogP contribution in [0.15, 0.2) is 18.3 Å². The van der Waals surface area contributed by atoms with Gasteiger partial charge in [-0.15, -0.1) is 0 Å². The van der Waals surface area contributed by atoms with E-state index < -0.39 is 11.9 Å². The number of alkyl halides is 3. The van der Waals surface area contributed by atoms with Crippen LogP contribution in [-0.4, -0.2) is 9.97 Å². The molecule has 0 atom stereocenters. The molecule has 0 aliphatic rings. The monoisotopic (exact) mass is 266 g/mol. The van der Waals surface area contributed by atoms with Crippen molar-refractivity contribution in [1.82, 2.24) is 9.97 Å². The molecule has 0 aliphatic heterocycles. The van der Waals surface area contributed by atoms with Crippen molar-refractivity contribution in [3.05, 3.63) is 34.1 Å². The summed E-state index contributed by atoms with van der Waals surface area (Å²) in [6, 6.07) is 2.62. The van der Waals surface area contributed by atoms with Gasteiger partial charge in [0.05, 0.1) is 27.3 Å². The molecule has 0 unspecified atom stereocenters. The first-order chi connectivity index (χ1) is 7.38. The Balaban J connectivity index is 2.67. The van der Waals surface area contributed by atoms with Crippen molar-refractivity contribution in [3.63, 3.8) is 0 Å². The third kappa shape index (κ3) is 2.05. The highest BCUT2D eigenvalue weighted by Crippen LogP contribution is 2.30. The average Bonchev–Trinajstić information content (AvgIpc) is 2.17. The number of aromatic nitrogens is 2. The lowest BCUT2D eigenvalue weighted by atomic mass is 10.3. The topological polar surface area (TPSA) is 25.8 Å². The van der Waals surface area contributed by atoms with Crippen LogP contribution in [0, 0.1) is 0 Å². The lowest BCUT2D eigenvalue weighted by molar-refractivity contribution is -0.141. The Labute approximate surface area is 98.0 Å². The van der Waals surface area contributed by atoms with Crippen LogP contribution in [-0.2, 0) is 6.18 Å². The molecule has 2 aromatic rings. The van der Waals surface area contributed by atoms with E-state index >= 15 is 0 Å². The minimum absolute atomic E-state index is 0.0595. The lowest BCUT2D eigenvalue weighted by Crippen LogP contribution is -2.08. The molecule has 0 radical (unpaired) electrons. The Hall–Kier alpha value is -1.07. The van der Waals surface area contributed by atoms with E-state index in [1.807, 2.05) is 0 Å².